The van der Waals surface area contributed by atoms with Crippen molar-refractivity contribution in [2.45, 2.75) is 6.42 Å². The normalized spacial score (nSPS) is 13.4. The number of halogens is 1. The van der Waals surface area contributed by atoms with Gasteiger partial charge < -0.3 is 14.8 Å². The maximum Gasteiger partial charge on any atom is 0.144 e. The molecule has 1 heterocycles. The molecule has 14 heavy (non-hydrogen) atoms. The van der Waals surface area contributed by atoms with Gasteiger partial charge in [-0.2, -0.15) is 0 Å². The van der Waals surface area contributed by atoms with Crippen molar-refractivity contribution in [3.63, 3.8) is 0 Å². The highest BCUT2D eigenvalue weighted by Crippen LogP contribution is 2.43. The third-order valence-electron chi connectivity index (χ3n) is 2.40. The second-order valence-electron chi connectivity index (χ2n) is 3.12. The predicted octanol–water partition coefficient (Wildman–Crippen LogP) is 2.33. The summed E-state index contributed by atoms with van der Waals surface area (Å²) >= 11 is 6.06. The van der Waals surface area contributed by atoms with Crippen molar-refractivity contribution in [3.8, 4) is 11.5 Å². The van der Waals surface area contributed by atoms with Crippen LogP contribution >= 0.6 is 11.6 Å². The Morgan fingerprint density at radius 2 is 2.14 bits per heavy atom. The Morgan fingerprint density at radius 3 is 2.79 bits per heavy atom. The van der Waals surface area contributed by atoms with E-state index in [4.69, 9.17) is 21.1 Å². The number of nitrogens with one attached hydrogen (secondary N) is 1. The molecule has 0 fully saturated rings. The molecule has 1 aliphatic heterocycles. The quantitative estimate of drug-likeness (QED) is 0.818. The van der Waals surface area contributed by atoms with Crippen LogP contribution in [0.1, 0.15) is 5.56 Å². The summed E-state index contributed by atoms with van der Waals surface area (Å²) in [5.41, 5.74) is 2.12. The van der Waals surface area contributed by atoms with Crippen LogP contribution in [0, 0.1) is 0 Å². The molecule has 1 aromatic carbocycles. The van der Waals surface area contributed by atoms with E-state index in [0.29, 0.717) is 5.02 Å². The average Bonchev–Trinajstić information content (AvgIpc) is 2.65. The van der Waals surface area contributed by atoms with Gasteiger partial charge in [-0.3, -0.25) is 0 Å². The zero-order valence-corrected chi connectivity index (χ0v) is 8.94. The van der Waals surface area contributed by atoms with Gasteiger partial charge >= 0.3 is 0 Å². The lowest BCUT2D eigenvalue weighted by Gasteiger charge is -2.12. The lowest BCUT2D eigenvalue weighted by atomic mass is 10.1. The summed E-state index contributed by atoms with van der Waals surface area (Å²) in [5.74, 6) is 1.54. The first kappa shape index (κ1) is 9.46. The second kappa shape index (κ2) is 3.58. The Balaban J connectivity index is 2.61. The maximum absolute atomic E-state index is 6.06. The monoisotopic (exact) mass is 213 g/mol. The molecular formula is C10H12ClNO2. The number of ether oxygens (including phenoxy) is 2. The van der Waals surface area contributed by atoms with Crippen LogP contribution in [0.25, 0.3) is 0 Å². The van der Waals surface area contributed by atoms with Crippen molar-refractivity contribution in [1.29, 1.82) is 0 Å². The first-order valence-electron chi connectivity index (χ1n) is 4.45. The number of anilines is 1. The molecule has 76 valence electrons. The molecule has 0 radical (unpaired) electrons. The Labute approximate surface area is 88.0 Å². The van der Waals surface area contributed by atoms with Gasteiger partial charge in [-0.05, 0) is 6.42 Å². The van der Waals surface area contributed by atoms with Crippen LogP contribution in [0.5, 0.6) is 11.5 Å². The highest BCUT2D eigenvalue weighted by molar-refractivity contribution is 6.32. The average molecular weight is 214 g/mol. The smallest absolute Gasteiger partial charge is 0.144 e. The molecule has 0 saturated carbocycles. The second-order valence-corrected chi connectivity index (χ2v) is 3.53. The van der Waals surface area contributed by atoms with Crippen LogP contribution < -0.4 is 14.8 Å². The molecule has 0 amide bonds. The molecule has 0 aromatic heterocycles. The van der Waals surface area contributed by atoms with Crippen LogP contribution in [0.15, 0.2) is 6.07 Å². The van der Waals surface area contributed by atoms with Crippen LogP contribution in [-0.2, 0) is 6.42 Å². The molecule has 3 nitrogen and oxygen atoms in total. The molecule has 0 unspecified atom stereocenters. The van der Waals surface area contributed by atoms with E-state index in [1.165, 1.54) is 0 Å². The van der Waals surface area contributed by atoms with E-state index in [9.17, 15) is 0 Å². The SMILES string of the molecule is COc1cc(Cl)c(OC)c2c1NCC2. The summed E-state index contributed by atoms with van der Waals surface area (Å²) in [6.45, 7) is 0.905. The fourth-order valence-corrected chi connectivity index (χ4v) is 2.08. The number of fused-ring (bicyclic) bond motifs is 1. The highest BCUT2D eigenvalue weighted by Gasteiger charge is 2.22. The van der Waals surface area contributed by atoms with Gasteiger partial charge in [0.05, 0.1) is 24.9 Å². The van der Waals surface area contributed by atoms with Crippen molar-refractivity contribution in [1.82, 2.24) is 0 Å². The van der Waals surface area contributed by atoms with E-state index in [1.54, 1.807) is 20.3 Å². The number of methoxy groups -OCH3 is 2. The fraction of sp³-hybridized carbons (Fsp3) is 0.400. The third kappa shape index (κ3) is 1.28. The molecule has 4 heteroatoms. The van der Waals surface area contributed by atoms with Gasteiger partial charge in [0.15, 0.2) is 0 Å². The van der Waals surface area contributed by atoms with E-state index in [2.05, 4.69) is 5.32 Å². The number of benzene rings is 1. The largest absolute Gasteiger partial charge is 0.495 e. The Morgan fingerprint density at radius 1 is 1.36 bits per heavy atom. The molecule has 0 spiro atoms. The van der Waals surface area contributed by atoms with Crippen LogP contribution in [0.3, 0.4) is 0 Å². The van der Waals surface area contributed by atoms with E-state index >= 15 is 0 Å². The van der Waals surface area contributed by atoms with Gasteiger partial charge in [-0.25, -0.2) is 0 Å². The van der Waals surface area contributed by atoms with Crippen molar-refractivity contribution in [3.05, 3.63) is 16.7 Å². The molecule has 1 aliphatic rings. The molecule has 0 atom stereocenters. The molecule has 1 N–H and O–H groups in total. The van der Waals surface area contributed by atoms with Crippen LogP contribution in [0.4, 0.5) is 5.69 Å². The first-order chi connectivity index (χ1) is 6.77. The minimum absolute atomic E-state index is 0.604. The van der Waals surface area contributed by atoms with Gasteiger partial charge in [0.2, 0.25) is 0 Å². The van der Waals surface area contributed by atoms with Crippen molar-refractivity contribution in [2.24, 2.45) is 0 Å². The van der Waals surface area contributed by atoms with Gasteiger partial charge in [0.25, 0.3) is 0 Å². The van der Waals surface area contributed by atoms with E-state index < -0.39 is 0 Å². The van der Waals surface area contributed by atoms with Crippen molar-refractivity contribution >= 4 is 17.3 Å². The van der Waals surface area contributed by atoms with E-state index in [-0.39, 0.29) is 0 Å². The van der Waals surface area contributed by atoms with Crippen molar-refractivity contribution < 1.29 is 9.47 Å². The molecule has 2 rings (SSSR count). The summed E-state index contributed by atoms with van der Waals surface area (Å²) in [5, 5.41) is 3.86. The summed E-state index contributed by atoms with van der Waals surface area (Å²) < 4.78 is 10.5. The molecule has 0 bridgehead atoms. The number of hydrogen-bond donors (Lipinski definition) is 1. The third-order valence-corrected chi connectivity index (χ3v) is 2.68. The Hall–Kier alpha value is -1.09. The molecule has 0 aliphatic carbocycles. The zero-order chi connectivity index (χ0) is 10.1. The topological polar surface area (TPSA) is 30.5 Å². The van der Waals surface area contributed by atoms with Crippen LogP contribution in [0.2, 0.25) is 5.02 Å². The fourth-order valence-electron chi connectivity index (χ4n) is 1.79. The minimum atomic E-state index is 0.604. The Kier molecular flexibility index (Phi) is 2.42. The standard InChI is InChI=1S/C10H12ClNO2/c1-13-8-5-7(11)10(14-2)6-3-4-12-9(6)8/h5,12H,3-4H2,1-2H3. The predicted molar refractivity (Wildman–Crippen MR) is 56.7 cm³/mol. The highest BCUT2D eigenvalue weighted by atomic mass is 35.5. The van der Waals surface area contributed by atoms with E-state index in [1.807, 2.05) is 0 Å². The Bertz CT molecular complexity index is 366. The first-order valence-corrected chi connectivity index (χ1v) is 4.83. The van der Waals surface area contributed by atoms with Gasteiger partial charge in [-0.15, -0.1) is 0 Å². The van der Waals surface area contributed by atoms with Crippen LogP contribution in [-0.4, -0.2) is 20.8 Å². The van der Waals surface area contributed by atoms with Crippen molar-refractivity contribution in [2.75, 3.05) is 26.1 Å². The summed E-state index contributed by atoms with van der Waals surface area (Å²) in [6, 6.07) is 1.78. The number of rotatable bonds is 2. The summed E-state index contributed by atoms with van der Waals surface area (Å²) in [7, 11) is 3.27. The molecule has 0 saturated heterocycles. The summed E-state index contributed by atoms with van der Waals surface area (Å²) in [4.78, 5) is 0. The number of hydrogen-bond acceptors (Lipinski definition) is 3. The summed E-state index contributed by atoms with van der Waals surface area (Å²) in [6.07, 6.45) is 0.926. The molecular weight excluding hydrogens is 202 g/mol. The van der Waals surface area contributed by atoms with E-state index in [0.717, 1.165) is 35.7 Å². The zero-order valence-electron chi connectivity index (χ0n) is 8.19. The maximum atomic E-state index is 6.06. The van der Waals surface area contributed by atoms with Gasteiger partial charge in [-0.1, -0.05) is 11.6 Å². The van der Waals surface area contributed by atoms with Gasteiger partial charge in [0.1, 0.15) is 11.5 Å². The lowest BCUT2D eigenvalue weighted by molar-refractivity contribution is 0.402. The lowest BCUT2D eigenvalue weighted by Crippen LogP contribution is -1.95. The molecule has 1 aromatic rings. The minimum Gasteiger partial charge on any atom is -0.495 e. The van der Waals surface area contributed by atoms with Gasteiger partial charge in [0, 0.05) is 18.2 Å².